The highest BCUT2D eigenvalue weighted by Crippen LogP contribution is 2.10. The van der Waals surface area contributed by atoms with Gasteiger partial charge in [-0.2, -0.15) is 0 Å². The lowest BCUT2D eigenvalue weighted by atomic mass is 10.0. The van der Waals surface area contributed by atoms with E-state index in [-0.39, 0.29) is 5.91 Å². The summed E-state index contributed by atoms with van der Waals surface area (Å²) >= 11 is 5.68. The Hall–Kier alpha value is -1.13. The average Bonchev–Trinajstić information content (AvgIpc) is 2.20. The van der Waals surface area contributed by atoms with Crippen LogP contribution >= 0.6 is 11.6 Å². The summed E-state index contributed by atoms with van der Waals surface area (Å²) in [5.74, 6) is 0.635. The van der Waals surface area contributed by atoms with Crippen molar-refractivity contribution in [3.63, 3.8) is 0 Å². The van der Waals surface area contributed by atoms with Crippen molar-refractivity contribution in [2.75, 3.05) is 5.32 Å². The number of aromatic nitrogens is 1. The maximum atomic E-state index is 11.6. The summed E-state index contributed by atoms with van der Waals surface area (Å²) in [6, 6.07) is 2.80. The smallest absolute Gasteiger partial charge is 0.242 e. The lowest BCUT2D eigenvalue weighted by Gasteiger charge is -2.13. The van der Waals surface area contributed by atoms with E-state index in [4.69, 9.17) is 17.3 Å². The van der Waals surface area contributed by atoms with Crippen LogP contribution in [0, 0.1) is 5.92 Å². The summed E-state index contributed by atoms with van der Waals surface area (Å²) in [5.41, 5.74) is 5.73. The summed E-state index contributed by atoms with van der Waals surface area (Å²) < 4.78 is 0. The first kappa shape index (κ1) is 12.9. The molecule has 0 aliphatic carbocycles. The van der Waals surface area contributed by atoms with Crippen molar-refractivity contribution in [3.8, 4) is 0 Å². The Balaban J connectivity index is 2.54. The number of rotatable bonds is 4. The van der Waals surface area contributed by atoms with Crippen molar-refractivity contribution in [1.29, 1.82) is 0 Å². The van der Waals surface area contributed by atoms with Gasteiger partial charge in [-0.25, -0.2) is 4.98 Å². The Morgan fingerprint density at radius 2 is 2.25 bits per heavy atom. The van der Waals surface area contributed by atoms with Crippen LogP contribution in [0.1, 0.15) is 20.3 Å². The lowest BCUT2D eigenvalue weighted by Crippen LogP contribution is -2.36. The van der Waals surface area contributed by atoms with Gasteiger partial charge in [0.25, 0.3) is 0 Å². The Bertz CT molecular complexity index is 351. The fourth-order valence-corrected chi connectivity index (χ4v) is 1.40. The van der Waals surface area contributed by atoms with Crippen LogP contribution < -0.4 is 11.1 Å². The van der Waals surface area contributed by atoms with Gasteiger partial charge in [-0.05, 0) is 24.5 Å². The molecule has 3 N–H and O–H groups in total. The van der Waals surface area contributed by atoms with E-state index in [1.54, 1.807) is 12.1 Å². The predicted molar refractivity (Wildman–Crippen MR) is 65.3 cm³/mol. The number of carbonyl (C=O) groups is 1. The maximum absolute atomic E-state index is 11.6. The van der Waals surface area contributed by atoms with Gasteiger partial charge in [-0.3, -0.25) is 4.79 Å². The highest BCUT2D eigenvalue weighted by molar-refractivity contribution is 6.30. The van der Waals surface area contributed by atoms with E-state index in [0.29, 0.717) is 23.2 Å². The van der Waals surface area contributed by atoms with Crippen LogP contribution in [0.2, 0.25) is 5.02 Å². The molecule has 5 heteroatoms. The number of nitrogens with one attached hydrogen (secondary N) is 1. The highest BCUT2D eigenvalue weighted by Gasteiger charge is 2.15. The molecule has 1 aromatic heterocycles. The lowest BCUT2D eigenvalue weighted by molar-refractivity contribution is -0.117. The monoisotopic (exact) mass is 241 g/mol. The van der Waals surface area contributed by atoms with Crippen LogP contribution in [0.25, 0.3) is 0 Å². The van der Waals surface area contributed by atoms with Crippen LogP contribution in [-0.2, 0) is 4.79 Å². The second-order valence-electron chi connectivity index (χ2n) is 4.09. The highest BCUT2D eigenvalue weighted by atomic mass is 35.5. The molecule has 1 atom stereocenters. The molecule has 0 saturated carbocycles. The number of anilines is 1. The molecule has 0 aliphatic rings. The SMILES string of the molecule is CC(C)C[C@H](N)C(=O)Nc1ccc(Cl)cn1. The minimum Gasteiger partial charge on any atom is -0.320 e. The summed E-state index contributed by atoms with van der Waals surface area (Å²) in [7, 11) is 0. The van der Waals surface area contributed by atoms with E-state index in [1.807, 2.05) is 13.8 Å². The third-order valence-electron chi connectivity index (χ3n) is 2.04. The number of hydrogen-bond donors (Lipinski definition) is 2. The standard InChI is InChI=1S/C11H16ClN3O/c1-7(2)5-9(13)11(16)15-10-4-3-8(12)6-14-10/h3-4,6-7,9H,5,13H2,1-2H3,(H,14,15,16)/t9-/m0/s1. The first-order valence-electron chi connectivity index (χ1n) is 5.17. The van der Waals surface area contributed by atoms with Gasteiger partial charge in [0.1, 0.15) is 5.82 Å². The quantitative estimate of drug-likeness (QED) is 0.848. The molecule has 0 fully saturated rings. The zero-order chi connectivity index (χ0) is 12.1. The number of amides is 1. The first-order chi connectivity index (χ1) is 7.49. The number of carbonyl (C=O) groups excluding carboxylic acids is 1. The van der Waals surface area contributed by atoms with Crippen molar-refractivity contribution >= 4 is 23.3 Å². The van der Waals surface area contributed by atoms with Crippen LogP contribution in [0.5, 0.6) is 0 Å². The molecule has 0 aliphatic heterocycles. The summed E-state index contributed by atoms with van der Waals surface area (Å²) in [4.78, 5) is 15.6. The molecule has 16 heavy (non-hydrogen) atoms. The average molecular weight is 242 g/mol. The first-order valence-corrected chi connectivity index (χ1v) is 5.55. The van der Waals surface area contributed by atoms with E-state index in [1.165, 1.54) is 6.20 Å². The second kappa shape index (κ2) is 5.82. The Kier molecular flexibility index (Phi) is 4.71. The van der Waals surface area contributed by atoms with Crippen molar-refractivity contribution in [2.24, 2.45) is 11.7 Å². The Morgan fingerprint density at radius 1 is 1.56 bits per heavy atom. The van der Waals surface area contributed by atoms with Crippen molar-refractivity contribution < 1.29 is 4.79 Å². The van der Waals surface area contributed by atoms with Gasteiger partial charge in [0.05, 0.1) is 11.1 Å². The van der Waals surface area contributed by atoms with Crippen LogP contribution in [0.3, 0.4) is 0 Å². The Morgan fingerprint density at radius 3 is 2.75 bits per heavy atom. The largest absolute Gasteiger partial charge is 0.320 e. The zero-order valence-electron chi connectivity index (χ0n) is 9.40. The summed E-state index contributed by atoms with van der Waals surface area (Å²) in [6.45, 7) is 4.04. The van der Waals surface area contributed by atoms with Crippen molar-refractivity contribution in [2.45, 2.75) is 26.3 Å². The molecule has 1 rings (SSSR count). The van der Waals surface area contributed by atoms with Gasteiger partial charge in [0, 0.05) is 6.20 Å². The predicted octanol–water partition coefficient (Wildman–Crippen LogP) is 2.05. The van der Waals surface area contributed by atoms with E-state index >= 15 is 0 Å². The molecular formula is C11H16ClN3O. The third kappa shape index (κ3) is 4.16. The topological polar surface area (TPSA) is 68.0 Å². The molecule has 0 radical (unpaired) electrons. The second-order valence-corrected chi connectivity index (χ2v) is 4.52. The van der Waals surface area contributed by atoms with Crippen molar-refractivity contribution in [3.05, 3.63) is 23.4 Å². The van der Waals surface area contributed by atoms with Gasteiger partial charge in [-0.1, -0.05) is 25.4 Å². The summed E-state index contributed by atoms with van der Waals surface area (Å²) in [6.07, 6.45) is 2.13. The van der Waals surface area contributed by atoms with E-state index in [0.717, 1.165) is 0 Å². The van der Waals surface area contributed by atoms with Gasteiger partial charge >= 0.3 is 0 Å². The van der Waals surface area contributed by atoms with E-state index < -0.39 is 6.04 Å². The zero-order valence-corrected chi connectivity index (χ0v) is 10.2. The molecule has 0 unspecified atom stereocenters. The maximum Gasteiger partial charge on any atom is 0.242 e. The molecule has 0 aromatic carbocycles. The summed E-state index contributed by atoms with van der Waals surface area (Å²) in [5, 5.41) is 3.17. The van der Waals surface area contributed by atoms with Gasteiger partial charge in [0.2, 0.25) is 5.91 Å². The molecule has 4 nitrogen and oxygen atoms in total. The van der Waals surface area contributed by atoms with Crippen molar-refractivity contribution in [1.82, 2.24) is 4.98 Å². The van der Waals surface area contributed by atoms with Crippen LogP contribution in [0.15, 0.2) is 18.3 Å². The van der Waals surface area contributed by atoms with Gasteiger partial charge in [0.15, 0.2) is 0 Å². The molecule has 1 amide bonds. The van der Waals surface area contributed by atoms with Gasteiger partial charge in [-0.15, -0.1) is 0 Å². The molecular weight excluding hydrogens is 226 g/mol. The fourth-order valence-electron chi connectivity index (χ4n) is 1.28. The van der Waals surface area contributed by atoms with Crippen LogP contribution in [-0.4, -0.2) is 16.9 Å². The van der Waals surface area contributed by atoms with Crippen LogP contribution in [0.4, 0.5) is 5.82 Å². The minimum atomic E-state index is -0.502. The fraction of sp³-hybridized carbons (Fsp3) is 0.455. The number of halogens is 1. The molecule has 0 saturated heterocycles. The molecule has 1 aromatic rings. The third-order valence-corrected chi connectivity index (χ3v) is 2.26. The van der Waals surface area contributed by atoms with E-state index in [2.05, 4.69) is 10.3 Å². The van der Waals surface area contributed by atoms with E-state index in [9.17, 15) is 4.79 Å². The number of nitrogens with two attached hydrogens (primary N) is 1. The normalized spacial score (nSPS) is 12.6. The molecule has 0 spiro atoms. The number of hydrogen-bond acceptors (Lipinski definition) is 3. The van der Waals surface area contributed by atoms with Gasteiger partial charge < -0.3 is 11.1 Å². The molecule has 1 heterocycles. The molecule has 0 bridgehead atoms. The molecule has 88 valence electrons. The number of pyridine rings is 1. The Labute approximate surface area is 100 Å². The minimum absolute atomic E-state index is 0.219. The number of nitrogens with zero attached hydrogens (tertiary/aromatic N) is 1.